The summed E-state index contributed by atoms with van der Waals surface area (Å²) < 4.78 is 22.0. The average molecular weight is 489 g/mol. The van der Waals surface area contributed by atoms with Gasteiger partial charge in [-0.1, -0.05) is 12.1 Å². The van der Waals surface area contributed by atoms with Gasteiger partial charge >= 0.3 is 0 Å². The van der Waals surface area contributed by atoms with E-state index in [1.54, 1.807) is 18.2 Å². The van der Waals surface area contributed by atoms with Crippen LogP contribution in [0.15, 0.2) is 24.3 Å². The predicted octanol–water partition coefficient (Wildman–Crippen LogP) is -3.85. The normalized spacial score (nSPS) is 38.4. The molecular weight excluding hydrogens is 458 g/mol. The van der Waals surface area contributed by atoms with Gasteiger partial charge in [0, 0.05) is 7.05 Å². The zero-order valence-corrected chi connectivity index (χ0v) is 18.4. The van der Waals surface area contributed by atoms with Crippen molar-refractivity contribution < 1.29 is 59.5 Å². The van der Waals surface area contributed by atoms with Gasteiger partial charge in [-0.2, -0.15) is 0 Å². The summed E-state index contributed by atoms with van der Waals surface area (Å²) in [7, 11) is 1.46. The highest BCUT2D eigenvalue weighted by Gasteiger charge is 2.50. The Hall–Kier alpha value is -1.91. The van der Waals surface area contributed by atoms with Gasteiger partial charge in [0.2, 0.25) is 0 Å². The van der Waals surface area contributed by atoms with E-state index in [2.05, 4.69) is 5.32 Å². The van der Waals surface area contributed by atoms with Gasteiger partial charge in [-0.05, 0) is 17.7 Å². The SMILES string of the molecule is CNC(=O)COc1cccc([C@H]2O[C@H](CO)[C@@H](O)[C@H](O[C@H]3O[C@H](CO)[C@@H](O)[C@@H](O)[C@H]3O)[C@@H]2O)c1. The number of amides is 1. The zero-order chi connectivity index (χ0) is 25.0. The summed E-state index contributed by atoms with van der Waals surface area (Å²) >= 11 is 0. The molecule has 1 aromatic carbocycles. The second kappa shape index (κ2) is 11.7. The van der Waals surface area contributed by atoms with Crippen molar-refractivity contribution in [3.05, 3.63) is 29.8 Å². The Bertz CT molecular complexity index is 810. The third-order valence-electron chi connectivity index (χ3n) is 5.84. The molecule has 1 aromatic rings. The van der Waals surface area contributed by atoms with Crippen molar-refractivity contribution in [2.24, 2.45) is 0 Å². The molecule has 0 radical (unpaired) electrons. The maximum Gasteiger partial charge on any atom is 0.257 e. The minimum Gasteiger partial charge on any atom is -0.484 e. The van der Waals surface area contributed by atoms with Gasteiger partial charge < -0.3 is 60.0 Å². The highest BCUT2D eigenvalue weighted by molar-refractivity contribution is 5.77. The molecule has 2 saturated heterocycles. The Morgan fingerprint density at radius 2 is 1.62 bits per heavy atom. The highest BCUT2D eigenvalue weighted by atomic mass is 16.7. The summed E-state index contributed by atoms with van der Waals surface area (Å²) in [6, 6.07) is 6.28. The topological polar surface area (TPSA) is 208 Å². The summed E-state index contributed by atoms with van der Waals surface area (Å²) in [5.41, 5.74) is 0.384. The van der Waals surface area contributed by atoms with Gasteiger partial charge in [0.1, 0.15) is 60.7 Å². The fourth-order valence-corrected chi connectivity index (χ4v) is 3.86. The second-order valence-electron chi connectivity index (χ2n) is 8.09. The van der Waals surface area contributed by atoms with Gasteiger partial charge in [0.05, 0.1) is 13.2 Å². The molecule has 2 fully saturated rings. The monoisotopic (exact) mass is 489 g/mol. The number of benzene rings is 1. The van der Waals surface area contributed by atoms with Crippen molar-refractivity contribution in [1.82, 2.24) is 5.32 Å². The molecule has 1 amide bonds. The van der Waals surface area contributed by atoms with Crippen LogP contribution < -0.4 is 10.1 Å². The second-order valence-corrected chi connectivity index (χ2v) is 8.09. The standard InChI is InChI=1S/C21H31NO12/c1-22-13(25)8-31-10-4-2-3-9(5-10)19-18(30)20(15(27)12(7-24)32-19)34-21-17(29)16(28)14(26)11(6-23)33-21/h2-5,11-12,14-21,23-24,26-30H,6-8H2,1H3,(H,22,25)/t11-,12-,14-,15-,16-,17-,18-,19-,20+,21-/m1/s1. The van der Waals surface area contributed by atoms with Gasteiger partial charge in [0.15, 0.2) is 12.9 Å². The smallest absolute Gasteiger partial charge is 0.257 e. The number of likely N-dealkylation sites (N-methyl/N-ethyl adjacent to an activating group) is 1. The molecule has 0 saturated carbocycles. The molecule has 13 heteroatoms. The number of carbonyl (C=O) groups excluding carboxylic acids is 1. The van der Waals surface area contributed by atoms with E-state index in [0.29, 0.717) is 11.3 Å². The Kier molecular flexibility index (Phi) is 9.17. The molecule has 0 aromatic heterocycles. The first-order valence-corrected chi connectivity index (χ1v) is 10.7. The summed E-state index contributed by atoms with van der Waals surface area (Å²) in [6.07, 6.45) is -14.8. The molecule has 10 atom stereocenters. The van der Waals surface area contributed by atoms with E-state index in [4.69, 9.17) is 18.9 Å². The van der Waals surface area contributed by atoms with Crippen molar-refractivity contribution in [2.75, 3.05) is 26.9 Å². The Morgan fingerprint density at radius 1 is 0.941 bits per heavy atom. The lowest BCUT2D eigenvalue weighted by atomic mass is 9.90. The molecule has 0 bridgehead atoms. The Morgan fingerprint density at radius 3 is 2.26 bits per heavy atom. The fourth-order valence-electron chi connectivity index (χ4n) is 3.86. The van der Waals surface area contributed by atoms with Crippen LogP contribution in [0.5, 0.6) is 5.75 Å². The molecule has 2 heterocycles. The maximum absolute atomic E-state index is 11.4. The summed E-state index contributed by atoms with van der Waals surface area (Å²) in [5.74, 6) is -0.0502. The molecule has 8 N–H and O–H groups in total. The Labute approximate surface area is 195 Å². The minimum atomic E-state index is -1.76. The first-order valence-electron chi connectivity index (χ1n) is 10.7. The predicted molar refractivity (Wildman–Crippen MR) is 111 cm³/mol. The molecular formula is C21H31NO12. The van der Waals surface area contributed by atoms with Crippen LogP contribution in [-0.4, -0.2) is 124 Å². The van der Waals surface area contributed by atoms with Gasteiger partial charge in [-0.25, -0.2) is 0 Å². The number of aliphatic hydroxyl groups excluding tert-OH is 7. The summed E-state index contributed by atoms with van der Waals surface area (Å²) in [5, 5.41) is 73.2. The van der Waals surface area contributed by atoms with Crippen LogP contribution in [0, 0.1) is 0 Å². The minimum absolute atomic E-state index is 0.241. The molecule has 192 valence electrons. The zero-order valence-electron chi connectivity index (χ0n) is 18.4. The van der Waals surface area contributed by atoms with E-state index in [1.807, 2.05) is 0 Å². The quantitative estimate of drug-likeness (QED) is 0.177. The van der Waals surface area contributed by atoms with Gasteiger partial charge in [0.25, 0.3) is 5.91 Å². The van der Waals surface area contributed by atoms with Crippen LogP contribution in [0.25, 0.3) is 0 Å². The van der Waals surface area contributed by atoms with E-state index in [1.165, 1.54) is 13.1 Å². The molecule has 2 aliphatic heterocycles. The molecule has 3 rings (SSSR count). The first kappa shape index (κ1) is 26.7. The summed E-state index contributed by atoms with van der Waals surface area (Å²) in [6.45, 7) is -1.56. The van der Waals surface area contributed by atoms with Crippen LogP contribution in [0.4, 0.5) is 0 Å². The lowest BCUT2D eigenvalue weighted by molar-refractivity contribution is -0.342. The fraction of sp³-hybridized carbons (Fsp3) is 0.667. The number of ether oxygens (including phenoxy) is 4. The highest BCUT2D eigenvalue weighted by Crippen LogP contribution is 2.36. The first-order chi connectivity index (χ1) is 16.2. The van der Waals surface area contributed by atoms with Crippen LogP contribution in [0.2, 0.25) is 0 Å². The van der Waals surface area contributed by atoms with Crippen molar-refractivity contribution in [3.8, 4) is 5.75 Å². The number of hydrogen-bond acceptors (Lipinski definition) is 12. The van der Waals surface area contributed by atoms with Crippen LogP contribution in [0.1, 0.15) is 11.7 Å². The summed E-state index contributed by atoms with van der Waals surface area (Å²) in [4.78, 5) is 11.4. The third kappa shape index (κ3) is 5.66. The third-order valence-corrected chi connectivity index (χ3v) is 5.84. The van der Waals surface area contributed by atoms with E-state index in [0.717, 1.165) is 0 Å². The molecule has 0 spiro atoms. The lowest BCUT2D eigenvalue weighted by Crippen LogP contribution is -2.63. The van der Waals surface area contributed by atoms with Crippen molar-refractivity contribution in [2.45, 2.75) is 61.2 Å². The van der Waals surface area contributed by atoms with Gasteiger partial charge in [-0.3, -0.25) is 4.79 Å². The van der Waals surface area contributed by atoms with Crippen molar-refractivity contribution >= 4 is 5.91 Å². The number of nitrogens with one attached hydrogen (secondary N) is 1. The van der Waals surface area contributed by atoms with Crippen LogP contribution >= 0.6 is 0 Å². The number of rotatable bonds is 8. The molecule has 0 aliphatic carbocycles. The van der Waals surface area contributed by atoms with E-state index >= 15 is 0 Å². The van der Waals surface area contributed by atoms with E-state index in [9.17, 15) is 40.5 Å². The average Bonchev–Trinajstić information content (AvgIpc) is 2.85. The van der Waals surface area contributed by atoms with Crippen molar-refractivity contribution in [1.29, 1.82) is 0 Å². The van der Waals surface area contributed by atoms with Gasteiger partial charge in [-0.15, -0.1) is 0 Å². The molecule has 0 unspecified atom stereocenters. The number of carbonyl (C=O) groups is 1. The molecule has 34 heavy (non-hydrogen) atoms. The van der Waals surface area contributed by atoms with E-state index in [-0.39, 0.29) is 12.5 Å². The molecule has 13 nitrogen and oxygen atoms in total. The van der Waals surface area contributed by atoms with Crippen molar-refractivity contribution in [3.63, 3.8) is 0 Å². The van der Waals surface area contributed by atoms with Crippen LogP contribution in [0.3, 0.4) is 0 Å². The van der Waals surface area contributed by atoms with Crippen LogP contribution in [-0.2, 0) is 19.0 Å². The van der Waals surface area contributed by atoms with E-state index < -0.39 is 74.4 Å². The number of hydrogen-bond donors (Lipinski definition) is 8. The Balaban J connectivity index is 1.81. The molecule has 2 aliphatic rings. The lowest BCUT2D eigenvalue weighted by Gasteiger charge is -2.46. The number of aliphatic hydroxyl groups is 7. The maximum atomic E-state index is 11.4. The largest absolute Gasteiger partial charge is 0.484 e.